The molecule has 3 nitrogen and oxygen atoms in total. The minimum atomic E-state index is 0.0631. The Labute approximate surface area is 104 Å². The summed E-state index contributed by atoms with van der Waals surface area (Å²) in [5.41, 5.74) is 0.374. The molecule has 2 saturated heterocycles. The third-order valence-corrected chi connectivity index (χ3v) is 5.10. The van der Waals surface area contributed by atoms with E-state index in [4.69, 9.17) is 4.74 Å². The van der Waals surface area contributed by atoms with Gasteiger partial charge in [-0.05, 0) is 45.6 Å². The van der Waals surface area contributed by atoms with E-state index in [1.807, 2.05) is 6.92 Å². The van der Waals surface area contributed by atoms with Crippen molar-refractivity contribution in [3.63, 3.8) is 0 Å². The van der Waals surface area contributed by atoms with Gasteiger partial charge in [0.2, 0.25) is 0 Å². The fourth-order valence-electron chi connectivity index (χ4n) is 4.48. The summed E-state index contributed by atoms with van der Waals surface area (Å²) in [6, 6.07) is 0.493. The first-order chi connectivity index (χ1) is 8.27. The second-order valence-corrected chi connectivity index (χ2v) is 5.90. The zero-order chi connectivity index (χ0) is 11.9. The smallest absolute Gasteiger partial charge is 0.310 e. The van der Waals surface area contributed by atoms with E-state index in [1.54, 1.807) is 0 Å². The highest BCUT2D eigenvalue weighted by Gasteiger charge is 2.56. The van der Waals surface area contributed by atoms with Crippen LogP contribution in [0.5, 0.6) is 0 Å². The summed E-state index contributed by atoms with van der Waals surface area (Å²) < 4.78 is 5.27. The summed E-state index contributed by atoms with van der Waals surface area (Å²) in [5, 5.41) is 0. The molecule has 0 aromatic heterocycles. The van der Waals surface area contributed by atoms with Crippen molar-refractivity contribution in [2.75, 3.05) is 13.2 Å². The van der Waals surface area contributed by atoms with Crippen LogP contribution in [0.4, 0.5) is 0 Å². The van der Waals surface area contributed by atoms with Crippen LogP contribution in [0.15, 0.2) is 0 Å². The quantitative estimate of drug-likeness (QED) is 0.690. The topological polar surface area (TPSA) is 29.5 Å². The van der Waals surface area contributed by atoms with Gasteiger partial charge >= 0.3 is 5.97 Å². The van der Waals surface area contributed by atoms with Crippen molar-refractivity contribution >= 4 is 5.97 Å². The van der Waals surface area contributed by atoms with Gasteiger partial charge in [0, 0.05) is 11.6 Å². The van der Waals surface area contributed by atoms with Crippen LogP contribution < -0.4 is 0 Å². The minimum Gasteiger partial charge on any atom is -0.466 e. The molecule has 0 aromatic carbocycles. The zero-order valence-electron chi connectivity index (χ0n) is 10.8. The fraction of sp³-hybridized carbons (Fsp3) is 0.929. The van der Waals surface area contributed by atoms with E-state index in [9.17, 15) is 4.79 Å². The van der Waals surface area contributed by atoms with E-state index in [0.717, 1.165) is 6.42 Å². The number of rotatable bonds is 2. The Balaban J connectivity index is 1.81. The Morgan fingerprint density at radius 1 is 1.35 bits per heavy atom. The molecule has 0 amide bonds. The van der Waals surface area contributed by atoms with Gasteiger partial charge in [0.25, 0.3) is 0 Å². The third-order valence-electron chi connectivity index (χ3n) is 5.10. The van der Waals surface area contributed by atoms with Gasteiger partial charge in [0.1, 0.15) is 0 Å². The number of esters is 1. The maximum Gasteiger partial charge on any atom is 0.310 e. The summed E-state index contributed by atoms with van der Waals surface area (Å²) in [6.07, 6.45) is 8.83. The highest BCUT2D eigenvalue weighted by atomic mass is 16.5. The average Bonchev–Trinajstić information content (AvgIpc) is 3.00. The Kier molecular flexibility index (Phi) is 2.89. The van der Waals surface area contributed by atoms with Crippen molar-refractivity contribution in [2.45, 2.75) is 63.5 Å². The van der Waals surface area contributed by atoms with Gasteiger partial charge in [-0.15, -0.1) is 0 Å². The highest BCUT2D eigenvalue weighted by molar-refractivity contribution is 5.74. The molecule has 3 rings (SSSR count). The fourth-order valence-corrected chi connectivity index (χ4v) is 4.48. The molecule has 1 aliphatic carbocycles. The van der Waals surface area contributed by atoms with E-state index < -0.39 is 0 Å². The van der Waals surface area contributed by atoms with Gasteiger partial charge in [-0.1, -0.05) is 12.8 Å². The van der Waals surface area contributed by atoms with Crippen LogP contribution in [0.2, 0.25) is 0 Å². The second kappa shape index (κ2) is 4.27. The van der Waals surface area contributed by atoms with Gasteiger partial charge in [-0.25, -0.2) is 0 Å². The molecule has 1 spiro atoms. The van der Waals surface area contributed by atoms with Crippen LogP contribution in [-0.4, -0.2) is 35.6 Å². The molecule has 1 saturated carbocycles. The molecule has 0 radical (unpaired) electrons. The van der Waals surface area contributed by atoms with Crippen molar-refractivity contribution in [1.29, 1.82) is 0 Å². The van der Waals surface area contributed by atoms with Crippen LogP contribution >= 0.6 is 0 Å². The van der Waals surface area contributed by atoms with Crippen molar-refractivity contribution in [3.05, 3.63) is 0 Å². The first kappa shape index (κ1) is 11.5. The van der Waals surface area contributed by atoms with Gasteiger partial charge < -0.3 is 4.74 Å². The molecule has 2 aliphatic heterocycles. The van der Waals surface area contributed by atoms with Gasteiger partial charge in [0.15, 0.2) is 0 Å². The monoisotopic (exact) mass is 237 g/mol. The van der Waals surface area contributed by atoms with E-state index >= 15 is 0 Å². The molecule has 0 aromatic rings. The molecule has 0 unspecified atom stereocenters. The van der Waals surface area contributed by atoms with Gasteiger partial charge in [-0.3, -0.25) is 9.69 Å². The predicted molar refractivity (Wildman–Crippen MR) is 65.7 cm³/mol. The summed E-state index contributed by atoms with van der Waals surface area (Å²) in [4.78, 5) is 14.7. The predicted octanol–water partition coefficient (Wildman–Crippen LogP) is 2.35. The van der Waals surface area contributed by atoms with Crippen molar-refractivity contribution < 1.29 is 9.53 Å². The van der Waals surface area contributed by atoms with Crippen molar-refractivity contribution in [1.82, 2.24) is 4.90 Å². The maximum absolute atomic E-state index is 12.1. The lowest BCUT2D eigenvalue weighted by Crippen LogP contribution is -2.42. The molecule has 96 valence electrons. The number of hydrogen-bond acceptors (Lipinski definition) is 3. The first-order valence-corrected chi connectivity index (χ1v) is 7.20. The Morgan fingerprint density at radius 3 is 2.82 bits per heavy atom. The molecular formula is C14H23NO2. The minimum absolute atomic E-state index is 0.0631. The standard InChI is InChI=1S/C14H23NO2/c1-2-17-13(16)11-10-14(7-3-4-8-14)15-9-5-6-12(11)15/h11-12H,2-10H2,1H3/t11-,12-/m0/s1. The SMILES string of the molecule is CCOC(=O)[C@H]1CC2(CCCC2)N2CCC[C@@H]12. The Morgan fingerprint density at radius 2 is 2.12 bits per heavy atom. The molecule has 2 heterocycles. The Hall–Kier alpha value is -0.570. The number of ether oxygens (including phenoxy) is 1. The van der Waals surface area contributed by atoms with E-state index in [-0.39, 0.29) is 11.9 Å². The summed E-state index contributed by atoms with van der Waals surface area (Å²) in [7, 11) is 0. The average molecular weight is 237 g/mol. The normalized spacial score (nSPS) is 35.4. The largest absolute Gasteiger partial charge is 0.466 e. The summed E-state index contributed by atoms with van der Waals surface area (Å²) in [5.74, 6) is 0.226. The Bertz CT molecular complexity index is 309. The number of carbonyl (C=O) groups is 1. The second-order valence-electron chi connectivity index (χ2n) is 5.90. The number of hydrogen-bond donors (Lipinski definition) is 0. The summed E-state index contributed by atoms with van der Waals surface area (Å²) >= 11 is 0. The van der Waals surface area contributed by atoms with Crippen LogP contribution in [0.3, 0.4) is 0 Å². The van der Waals surface area contributed by atoms with Crippen LogP contribution in [0.25, 0.3) is 0 Å². The number of nitrogens with zero attached hydrogens (tertiary/aromatic N) is 1. The molecule has 0 bridgehead atoms. The molecule has 2 atom stereocenters. The zero-order valence-corrected chi connectivity index (χ0v) is 10.8. The molecule has 3 aliphatic rings. The molecule has 0 N–H and O–H groups in total. The van der Waals surface area contributed by atoms with E-state index in [1.165, 1.54) is 45.1 Å². The lowest BCUT2D eigenvalue weighted by atomic mass is 9.88. The third kappa shape index (κ3) is 1.70. The lowest BCUT2D eigenvalue weighted by molar-refractivity contribution is -0.148. The molecule has 3 heteroatoms. The van der Waals surface area contributed by atoms with E-state index in [0.29, 0.717) is 18.2 Å². The van der Waals surface area contributed by atoms with Gasteiger partial charge in [0.05, 0.1) is 12.5 Å². The van der Waals surface area contributed by atoms with Crippen LogP contribution in [0, 0.1) is 5.92 Å². The maximum atomic E-state index is 12.1. The number of carbonyl (C=O) groups excluding carboxylic acids is 1. The van der Waals surface area contributed by atoms with Crippen LogP contribution in [0.1, 0.15) is 51.9 Å². The lowest BCUT2D eigenvalue weighted by Gasteiger charge is -2.34. The van der Waals surface area contributed by atoms with Gasteiger partial charge in [-0.2, -0.15) is 0 Å². The first-order valence-electron chi connectivity index (χ1n) is 7.20. The number of fused-ring (bicyclic) bond motifs is 2. The molecular weight excluding hydrogens is 214 g/mol. The van der Waals surface area contributed by atoms with Crippen molar-refractivity contribution in [2.24, 2.45) is 5.92 Å². The van der Waals surface area contributed by atoms with E-state index in [2.05, 4.69) is 4.90 Å². The molecule has 3 fully saturated rings. The van der Waals surface area contributed by atoms with Crippen LogP contribution in [-0.2, 0) is 9.53 Å². The highest BCUT2D eigenvalue weighted by Crippen LogP contribution is 2.51. The molecule has 17 heavy (non-hydrogen) atoms. The van der Waals surface area contributed by atoms with Crippen molar-refractivity contribution in [3.8, 4) is 0 Å². The summed E-state index contributed by atoms with van der Waals surface area (Å²) in [6.45, 7) is 3.64.